The van der Waals surface area contributed by atoms with E-state index in [2.05, 4.69) is 10.6 Å². The summed E-state index contributed by atoms with van der Waals surface area (Å²) in [5.41, 5.74) is 0.859. The smallest absolute Gasteiger partial charge is 0.315 e. The molecule has 1 aromatic carbocycles. The summed E-state index contributed by atoms with van der Waals surface area (Å²) in [5.74, 6) is 0. The molecule has 0 aliphatic rings. The Hall–Kier alpha value is -1.59. The Bertz CT molecular complexity index is 384. The first-order valence-corrected chi connectivity index (χ1v) is 6.98. The molecular weight excluding hydrogens is 256 g/mol. The average Bonchev–Trinajstić information content (AvgIpc) is 2.44. The fourth-order valence-corrected chi connectivity index (χ4v) is 1.86. The van der Waals surface area contributed by atoms with Crippen LogP contribution in [-0.2, 0) is 4.74 Å². The molecule has 0 saturated heterocycles. The van der Waals surface area contributed by atoms with Crippen molar-refractivity contribution < 1.29 is 14.6 Å². The van der Waals surface area contributed by atoms with Crippen molar-refractivity contribution in [2.45, 2.75) is 32.4 Å². The Morgan fingerprint density at radius 2 is 2.05 bits per heavy atom. The normalized spacial score (nSPS) is 13.6. The number of hydrogen-bond donors (Lipinski definition) is 3. The van der Waals surface area contributed by atoms with Gasteiger partial charge in [-0.1, -0.05) is 30.3 Å². The molecule has 3 N–H and O–H groups in total. The van der Waals surface area contributed by atoms with Crippen LogP contribution in [0.25, 0.3) is 0 Å². The predicted molar refractivity (Wildman–Crippen MR) is 78.5 cm³/mol. The van der Waals surface area contributed by atoms with Gasteiger partial charge in [-0.05, 0) is 25.8 Å². The van der Waals surface area contributed by atoms with E-state index in [-0.39, 0.29) is 12.1 Å². The Morgan fingerprint density at radius 1 is 1.35 bits per heavy atom. The number of rotatable bonds is 8. The van der Waals surface area contributed by atoms with Gasteiger partial charge in [0.15, 0.2) is 0 Å². The van der Waals surface area contributed by atoms with E-state index < -0.39 is 6.10 Å². The van der Waals surface area contributed by atoms with Gasteiger partial charge in [0, 0.05) is 19.2 Å². The summed E-state index contributed by atoms with van der Waals surface area (Å²) in [5, 5.41) is 15.6. The Kier molecular flexibility index (Phi) is 7.69. The standard InChI is InChI=1S/C15H24N2O3/c1-3-20-10-9-16-15(19)17-12(2)11-14(18)13-7-5-4-6-8-13/h4-8,12,14,18H,3,9-11H2,1-2H3,(H2,16,17,19). The van der Waals surface area contributed by atoms with Crippen molar-refractivity contribution in [3.8, 4) is 0 Å². The maximum absolute atomic E-state index is 11.6. The van der Waals surface area contributed by atoms with Gasteiger partial charge in [-0.3, -0.25) is 0 Å². The first-order valence-electron chi connectivity index (χ1n) is 6.98. The summed E-state index contributed by atoms with van der Waals surface area (Å²) in [6.07, 6.45) is -0.0991. The number of aliphatic hydroxyl groups is 1. The number of carbonyl (C=O) groups is 1. The summed E-state index contributed by atoms with van der Waals surface area (Å²) in [6.45, 7) is 5.41. The third-order valence-electron chi connectivity index (χ3n) is 2.87. The monoisotopic (exact) mass is 280 g/mol. The van der Waals surface area contributed by atoms with Gasteiger partial charge in [-0.2, -0.15) is 0 Å². The molecule has 0 aliphatic heterocycles. The lowest BCUT2D eigenvalue weighted by molar-refractivity contribution is 0.146. The second-order valence-electron chi connectivity index (χ2n) is 4.66. The van der Waals surface area contributed by atoms with Crippen molar-refractivity contribution in [3.63, 3.8) is 0 Å². The fraction of sp³-hybridized carbons (Fsp3) is 0.533. The molecule has 0 radical (unpaired) electrons. The summed E-state index contributed by atoms with van der Waals surface area (Å²) in [6, 6.07) is 9.08. The summed E-state index contributed by atoms with van der Waals surface area (Å²) >= 11 is 0. The molecular formula is C15H24N2O3. The first kappa shape index (κ1) is 16.5. The van der Waals surface area contributed by atoms with E-state index in [4.69, 9.17) is 4.74 Å². The van der Waals surface area contributed by atoms with Crippen LogP contribution >= 0.6 is 0 Å². The molecule has 0 aliphatic carbocycles. The highest BCUT2D eigenvalue weighted by Crippen LogP contribution is 2.17. The van der Waals surface area contributed by atoms with Gasteiger partial charge in [0.1, 0.15) is 0 Å². The molecule has 5 heteroatoms. The molecule has 0 bridgehead atoms. The Labute approximate surface area is 120 Å². The van der Waals surface area contributed by atoms with Crippen molar-refractivity contribution in [2.24, 2.45) is 0 Å². The number of urea groups is 1. The molecule has 2 unspecified atom stereocenters. The molecule has 0 saturated carbocycles. The molecule has 0 aromatic heterocycles. The maximum atomic E-state index is 11.6. The number of aliphatic hydroxyl groups excluding tert-OH is 1. The number of nitrogens with one attached hydrogen (secondary N) is 2. The van der Waals surface area contributed by atoms with E-state index >= 15 is 0 Å². The van der Waals surface area contributed by atoms with Crippen molar-refractivity contribution >= 4 is 6.03 Å². The van der Waals surface area contributed by atoms with Crippen LogP contribution in [0.3, 0.4) is 0 Å². The van der Waals surface area contributed by atoms with Gasteiger partial charge in [0.05, 0.1) is 12.7 Å². The van der Waals surface area contributed by atoms with Crippen LogP contribution in [-0.4, -0.2) is 36.9 Å². The highest BCUT2D eigenvalue weighted by atomic mass is 16.5. The van der Waals surface area contributed by atoms with E-state index in [0.717, 1.165) is 5.56 Å². The van der Waals surface area contributed by atoms with Gasteiger partial charge in [0.2, 0.25) is 0 Å². The van der Waals surface area contributed by atoms with Crippen LogP contribution in [0.2, 0.25) is 0 Å². The number of amides is 2. The fourth-order valence-electron chi connectivity index (χ4n) is 1.86. The molecule has 0 spiro atoms. The number of benzene rings is 1. The van der Waals surface area contributed by atoms with Crippen molar-refractivity contribution in [3.05, 3.63) is 35.9 Å². The zero-order valence-corrected chi connectivity index (χ0v) is 12.1. The lowest BCUT2D eigenvalue weighted by Gasteiger charge is -2.18. The SMILES string of the molecule is CCOCCNC(=O)NC(C)CC(O)c1ccccc1. The van der Waals surface area contributed by atoms with Gasteiger partial charge < -0.3 is 20.5 Å². The number of hydrogen-bond acceptors (Lipinski definition) is 3. The average molecular weight is 280 g/mol. The molecule has 2 atom stereocenters. The van der Waals surface area contributed by atoms with E-state index in [1.807, 2.05) is 44.2 Å². The third-order valence-corrected chi connectivity index (χ3v) is 2.87. The van der Waals surface area contributed by atoms with Crippen molar-refractivity contribution in [1.82, 2.24) is 10.6 Å². The molecule has 0 fully saturated rings. The number of carbonyl (C=O) groups excluding carboxylic acids is 1. The van der Waals surface area contributed by atoms with E-state index in [1.54, 1.807) is 0 Å². The first-order chi connectivity index (χ1) is 9.63. The van der Waals surface area contributed by atoms with Crippen molar-refractivity contribution in [2.75, 3.05) is 19.8 Å². The number of ether oxygens (including phenoxy) is 1. The third kappa shape index (κ3) is 6.54. The summed E-state index contributed by atoms with van der Waals surface area (Å²) in [4.78, 5) is 11.6. The minimum Gasteiger partial charge on any atom is -0.388 e. The minimum absolute atomic E-state index is 0.114. The molecule has 1 aromatic rings. The lowest BCUT2D eigenvalue weighted by atomic mass is 10.0. The maximum Gasteiger partial charge on any atom is 0.315 e. The Balaban J connectivity index is 2.25. The zero-order valence-electron chi connectivity index (χ0n) is 12.1. The van der Waals surface area contributed by atoms with E-state index in [1.165, 1.54) is 0 Å². The highest BCUT2D eigenvalue weighted by Gasteiger charge is 2.13. The molecule has 2 amide bonds. The van der Waals surface area contributed by atoms with Gasteiger partial charge >= 0.3 is 6.03 Å². The quantitative estimate of drug-likeness (QED) is 0.636. The summed E-state index contributed by atoms with van der Waals surface area (Å²) in [7, 11) is 0. The van der Waals surface area contributed by atoms with Crippen molar-refractivity contribution in [1.29, 1.82) is 0 Å². The van der Waals surface area contributed by atoms with Crippen LogP contribution in [0.1, 0.15) is 31.9 Å². The molecule has 5 nitrogen and oxygen atoms in total. The Morgan fingerprint density at radius 3 is 2.70 bits per heavy atom. The van der Waals surface area contributed by atoms with Crippen LogP contribution in [0, 0.1) is 0 Å². The van der Waals surface area contributed by atoms with Gasteiger partial charge in [-0.25, -0.2) is 4.79 Å². The largest absolute Gasteiger partial charge is 0.388 e. The second-order valence-corrected chi connectivity index (χ2v) is 4.66. The van der Waals surface area contributed by atoms with Crippen LogP contribution in [0.4, 0.5) is 4.79 Å². The predicted octanol–water partition coefficient (Wildman–Crippen LogP) is 1.83. The van der Waals surface area contributed by atoms with E-state index in [9.17, 15) is 9.90 Å². The van der Waals surface area contributed by atoms with Crippen LogP contribution < -0.4 is 10.6 Å². The van der Waals surface area contributed by atoms with E-state index in [0.29, 0.717) is 26.2 Å². The van der Waals surface area contributed by atoms with Gasteiger partial charge in [0.25, 0.3) is 0 Å². The summed E-state index contributed by atoms with van der Waals surface area (Å²) < 4.78 is 5.13. The minimum atomic E-state index is -0.574. The highest BCUT2D eigenvalue weighted by molar-refractivity contribution is 5.74. The molecule has 112 valence electrons. The molecule has 0 heterocycles. The lowest BCUT2D eigenvalue weighted by Crippen LogP contribution is -2.42. The molecule has 20 heavy (non-hydrogen) atoms. The van der Waals surface area contributed by atoms with Crippen LogP contribution in [0.5, 0.6) is 0 Å². The second kappa shape index (κ2) is 9.34. The topological polar surface area (TPSA) is 70.6 Å². The van der Waals surface area contributed by atoms with Crippen LogP contribution in [0.15, 0.2) is 30.3 Å². The zero-order chi connectivity index (χ0) is 14.8. The molecule has 1 rings (SSSR count). The van der Waals surface area contributed by atoms with Gasteiger partial charge in [-0.15, -0.1) is 0 Å².